The summed E-state index contributed by atoms with van der Waals surface area (Å²) < 4.78 is 13.1. The Morgan fingerprint density at radius 1 is 1.33 bits per heavy atom. The van der Waals surface area contributed by atoms with E-state index >= 15 is 0 Å². The van der Waals surface area contributed by atoms with Crippen LogP contribution in [0.4, 0.5) is 4.39 Å². The number of ketones is 1. The molecule has 0 saturated carbocycles. The molecule has 1 aliphatic heterocycles. The van der Waals surface area contributed by atoms with Crippen LogP contribution in [0.25, 0.3) is 0 Å². The molecule has 1 aromatic rings. The van der Waals surface area contributed by atoms with Gasteiger partial charge in [0.25, 0.3) is 5.91 Å². The van der Waals surface area contributed by atoms with Crippen LogP contribution < -0.4 is 0 Å². The number of hydrogen-bond acceptors (Lipinski definition) is 3. The number of aliphatic hydroxyl groups is 1. The molecule has 4 nitrogen and oxygen atoms in total. The van der Waals surface area contributed by atoms with Gasteiger partial charge in [0.05, 0.1) is 11.6 Å². The molecule has 5 heteroatoms. The Balaban J connectivity index is 2.51. The maximum absolute atomic E-state index is 13.1. The van der Waals surface area contributed by atoms with Crippen LogP contribution in [0, 0.1) is 11.7 Å². The summed E-state index contributed by atoms with van der Waals surface area (Å²) in [6.45, 7) is 5.60. The lowest BCUT2D eigenvalue weighted by Gasteiger charge is -2.28. The minimum Gasteiger partial charge on any atom is -0.503 e. The molecule has 112 valence electrons. The van der Waals surface area contributed by atoms with Crippen molar-refractivity contribution in [1.82, 2.24) is 4.90 Å². The van der Waals surface area contributed by atoms with Crippen molar-refractivity contribution in [2.45, 2.75) is 26.8 Å². The van der Waals surface area contributed by atoms with Gasteiger partial charge in [-0.3, -0.25) is 9.59 Å². The van der Waals surface area contributed by atoms with Crippen molar-refractivity contribution in [2.75, 3.05) is 6.54 Å². The van der Waals surface area contributed by atoms with Crippen molar-refractivity contribution in [3.8, 4) is 0 Å². The number of rotatable bonds is 4. The molecule has 1 heterocycles. The molecule has 0 bridgehead atoms. The van der Waals surface area contributed by atoms with Crippen LogP contribution in [-0.4, -0.2) is 28.2 Å². The van der Waals surface area contributed by atoms with E-state index in [0.717, 1.165) is 0 Å². The predicted molar refractivity (Wildman–Crippen MR) is 76.0 cm³/mol. The minimum absolute atomic E-state index is 0.0762. The smallest absolute Gasteiger partial charge is 0.290 e. The zero-order valence-electron chi connectivity index (χ0n) is 12.3. The highest BCUT2D eigenvalue weighted by Gasteiger charge is 2.42. The maximum Gasteiger partial charge on any atom is 0.290 e. The molecule has 1 amide bonds. The van der Waals surface area contributed by atoms with Crippen molar-refractivity contribution in [1.29, 1.82) is 0 Å². The van der Waals surface area contributed by atoms with Gasteiger partial charge in [-0.05, 0) is 30.5 Å². The number of amides is 1. The third kappa shape index (κ3) is 2.82. The number of hydrogen-bond donors (Lipinski definition) is 1. The van der Waals surface area contributed by atoms with Gasteiger partial charge in [-0.2, -0.15) is 0 Å². The van der Waals surface area contributed by atoms with E-state index in [9.17, 15) is 19.1 Å². The van der Waals surface area contributed by atoms with Crippen molar-refractivity contribution < 1.29 is 19.1 Å². The molecule has 0 aliphatic carbocycles. The molecule has 2 rings (SSSR count). The van der Waals surface area contributed by atoms with E-state index in [1.54, 1.807) is 0 Å². The first-order valence-electron chi connectivity index (χ1n) is 6.83. The summed E-state index contributed by atoms with van der Waals surface area (Å²) in [5.74, 6) is -1.63. The topological polar surface area (TPSA) is 57.6 Å². The molecule has 0 fully saturated rings. The summed E-state index contributed by atoms with van der Waals surface area (Å²) in [5, 5.41) is 9.99. The summed E-state index contributed by atoms with van der Waals surface area (Å²) >= 11 is 0. The number of Topliss-reactive ketones (excluding diaryl/α,β-unsaturated/α-hetero) is 1. The predicted octanol–water partition coefficient (Wildman–Crippen LogP) is 2.77. The van der Waals surface area contributed by atoms with Crippen LogP contribution in [0.5, 0.6) is 0 Å². The van der Waals surface area contributed by atoms with Gasteiger partial charge in [0.1, 0.15) is 5.82 Å². The molecule has 1 aromatic carbocycles. The Bertz CT molecular complexity index is 604. The summed E-state index contributed by atoms with van der Waals surface area (Å²) in [5.41, 5.74) is 0.687. The fourth-order valence-electron chi connectivity index (χ4n) is 2.59. The Kier molecular flexibility index (Phi) is 4.11. The average Bonchev–Trinajstić information content (AvgIpc) is 2.64. The van der Waals surface area contributed by atoms with E-state index < -0.39 is 23.5 Å². The lowest BCUT2D eigenvalue weighted by molar-refractivity contribution is -0.129. The van der Waals surface area contributed by atoms with E-state index in [1.807, 2.05) is 13.8 Å². The van der Waals surface area contributed by atoms with Crippen LogP contribution in [0.3, 0.4) is 0 Å². The molecule has 21 heavy (non-hydrogen) atoms. The largest absolute Gasteiger partial charge is 0.503 e. The second kappa shape index (κ2) is 5.68. The number of nitrogens with zero attached hydrogens (tertiary/aromatic N) is 1. The molecule has 1 N–H and O–H groups in total. The SMILES string of the molecule is CC(=O)C1=C(O)C(=O)N(CC(C)C)C1c1ccc(F)cc1. The fraction of sp³-hybridized carbons (Fsp3) is 0.375. The Morgan fingerprint density at radius 3 is 2.38 bits per heavy atom. The van der Waals surface area contributed by atoms with E-state index in [-0.39, 0.29) is 17.3 Å². The molecule has 0 saturated heterocycles. The second-order valence-corrected chi connectivity index (χ2v) is 5.62. The van der Waals surface area contributed by atoms with Crippen molar-refractivity contribution >= 4 is 11.7 Å². The fourth-order valence-corrected chi connectivity index (χ4v) is 2.59. The lowest BCUT2D eigenvalue weighted by Crippen LogP contribution is -2.34. The summed E-state index contributed by atoms with van der Waals surface area (Å²) in [4.78, 5) is 25.5. The highest BCUT2D eigenvalue weighted by molar-refractivity contribution is 6.08. The lowest BCUT2D eigenvalue weighted by atomic mass is 9.96. The first kappa shape index (κ1) is 15.2. The van der Waals surface area contributed by atoms with Gasteiger partial charge in [-0.1, -0.05) is 26.0 Å². The van der Waals surface area contributed by atoms with Crippen LogP contribution >= 0.6 is 0 Å². The molecular formula is C16H18FNO3. The van der Waals surface area contributed by atoms with Crippen LogP contribution in [0.2, 0.25) is 0 Å². The standard InChI is InChI=1S/C16H18FNO3/c1-9(2)8-18-14(11-4-6-12(17)7-5-11)13(10(3)19)15(20)16(18)21/h4-7,9,14,20H,8H2,1-3H3. The van der Waals surface area contributed by atoms with Crippen molar-refractivity contribution in [3.63, 3.8) is 0 Å². The minimum atomic E-state index is -0.655. The quantitative estimate of drug-likeness (QED) is 0.928. The average molecular weight is 291 g/mol. The third-order valence-corrected chi connectivity index (χ3v) is 3.43. The molecular weight excluding hydrogens is 273 g/mol. The van der Waals surface area contributed by atoms with Gasteiger partial charge in [-0.25, -0.2) is 4.39 Å². The molecule has 0 aromatic heterocycles. The van der Waals surface area contributed by atoms with Crippen LogP contribution in [0.1, 0.15) is 32.4 Å². The number of benzene rings is 1. The van der Waals surface area contributed by atoms with Gasteiger partial charge < -0.3 is 10.0 Å². The van der Waals surface area contributed by atoms with E-state index in [2.05, 4.69) is 0 Å². The summed E-state index contributed by atoms with van der Waals surface area (Å²) in [6.07, 6.45) is 0. The molecule has 1 aliphatic rings. The molecule has 0 spiro atoms. The highest BCUT2D eigenvalue weighted by Crippen LogP contribution is 2.38. The summed E-state index contributed by atoms with van der Waals surface area (Å²) in [6, 6.07) is 4.96. The van der Waals surface area contributed by atoms with Gasteiger partial charge >= 0.3 is 0 Å². The Morgan fingerprint density at radius 2 is 1.90 bits per heavy atom. The molecule has 0 radical (unpaired) electrons. The number of carbonyl (C=O) groups excluding carboxylic acids is 2. The zero-order valence-corrected chi connectivity index (χ0v) is 12.3. The highest BCUT2D eigenvalue weighted by atomic mass is 19.1. The van der Waals surface area contributed by atoms with Gasteiger partial charge in [0.2, 0.25) is 0 Å². The molecule has 1 unspecified atom stereocenters. The van der Waals surface area contributed by atoms with Gasteiger partial charge in [0.15, 0.2) is 11.5 Å². The second-order valence-electron chi connectivity index (χ2n) is 5.62. The van der Waals surface area contributed by atoms with Crippen molar-refractivity contribution in [2.24, 2.45) is 5.92 Å². The number of aliphatic hydroxyl groups excluding tert-OH is 1. The number of carbonyl (C=O) groups is 2. The summed E-state index contributed by atoms with van der Waals surface area (Å²) in [7, 11) is 0. The maximum atomic E-state index is 13.1. The zero-order chi connectivity index (χ0) is 15.7. The van der Waals surface area contributed by atoms with Crippen LogP contribution in [-0.2, 0) is 9.59 Å². The first-order chi connectivity index (χ1) is 9.82. The molecule has 1 atom stereocenters. The Hall–Kier alpha value is -2.17. The van der Waals surface area contributed by atoms with E-state index in [0.29, 0.717) is 12.1 Å². The third-order valence-electron chi connectivity index (χ3n) is 3.43. The Labute approximate surface area is 122 Å². The van der Waals surface area contributed by atoms with Gasteiger partial charge in [0, 0.05) is 6.54 Å². The van der Waals surface area contributed by atoms with Crippen molar-refractivity contribution in [3.05, 3.63) is 47.0 Å². The monoisotopic (exact) mass is 291 g/mol. The normalized spacial score (nSPS) is 18.8. The van der Waals surface area contributed by atoms with Crippen LogP contribution in [0.15, 0.2) is 35.6 Å². The van der Waals surface area contributed by atoms with E-state index in [1.165, 1.54) is 36.1 Å². The van der Waals surface area contributed by atoms with E-state index in [4.69, 9.17) is 0 Å². The first-order valence-corrected chi connectivity index (χ1v) is 6.83. The van der Waals surface area contributed by atoms with Gasteiger partial charge in [-0.15, -0.1) is 0 Å². The number of halogens is 1.